The van der Waals surface area contributed by atoms with Crippen molar-refractivity contribution < 1.29 is 19.1 Å². The summed E-state index contributed by atoms with van der Waals surface area (Å²) in [7, 11) is 0. The van der Waals surface area contributed by atoms with E-state index in [1.165, 1.54) is 76.7 Å². The van der Waals surface area contributed by atoms with E-state index < -0.39 is 11.9 Å². The highest BCUT2D eigenvalue weighted by atomic mass is 16.5. The van der Waals surface area contributed by atoms with Crippen molar-refractivity contribution in [1.29, 1.82) is 0 Å². The Hall–Kier alpha value is -1.58. The molecule has 0 aliphatic rings. The molecule has 0 aromatic heterocycles. The summed E-state index contributed by atoms with van der Waals surface area (Å²) in [5.74, 6) is -0.792. The lowest BCUT2D eigenvalue weighted by Gasteiger charge is -2.00. The maximum Gasteiger partial charge on any atom is 0.311 e. The molecule has 0 N–H and O–H groups in total. The van der Waals surface area contributed by atoms with Crippen LogP contribution < -0.4 is 0 Å². The van der Waals surface area contributed by atoms with Crippen LogP contribution in [0.4, 0.5) is 0 Å². The summed E-state index contributed by atoms with van der Waals surface area (Å²) in [6, 6.07) is 0. The predicted molar refractivity (Wildman–Crippen MR) is 116 cm³/mol. The molecule has 0 amide bonds. The third-order valence-corrected chi connectivity index (χ3v) is 4.57. The lowest BCUT2D eigenvalue weighted by molar-refractivity contribution is -0.144. The van der Waals surface area contributed by atoms with Gasteiger partial charge in [-0.15, -0.1) is 0 Å². The van der Waals surface area contributed by atoms with Gasteiger partial charge in [-0.1, -0.05) is 78.1 Å². The molecule has 0 heterocycles. The van der Waals surface area contributed by atoms with Crippen LogP contribution in [0.25, 0.3) is 0 Å². The Morgan fingerprint density at radius 2 is 0.929 bits per heavy atom. The molecule has 0 fully saturated rings. The first-order valence-electron chi connectivity index (χ1n) is 11.4. The van der Waals surface area contributed by atoms with E-state index >= 15 is 0 Å². The summed E-state index contributed by atoms with van der Waals surface area (Å²) in [5.41, 5.74) is 0. The molecule has 0 aromatic rings. The molecule has 0 aliphatic heterocycles. The highest BCUT2D eigenvalue weighted by molar-refractivity contribution is 5.78. The first kappa shape index (κ1) is 26.4. The van der Waals surface area contributed by atoms with Gasteiger partial charge in [-0.05, 0) is 37.8 Å². The normalized spacial score (nSPS) is 11.4. The average molecular weight is 395 g/mol. The first-order chi connectivity index (χ1) is 13.7. The first-order valence-corrected chi connectivity index (χ1v) is 11.4. The van der Waals surface area contributed by atoms with E-state index in [9.17, 15) is 9.59 Å². The molecule has 0 radical (unpaired) electrons. The minimum atomic E-state index is -0.396. The van der Waals surface area contributed by atoms with Crippen molar-refractivity contribution in [1.82, 2.24) is 0 Å². The quantitative estimate of drug-likeness (QED) is 0.130. The summed E-state index contributed by atoms with van der Waals surface area (Å²) in [4.78, 5) is 23.2. The molecule has 0 unspecified atom stereocenters. The minimum Gasteiger partial charge on any atom is -0.435 e. The van der Waals surface area contributed by atoms with Crippen molar-refractivity contribution in [2.75, 3.05) is 0 Å². The fourth-order valence-corrected chi connectivity index (χ4v) is 2.79. The fourth-order valence-electron chi connectivity index (χ4n) is 2.79. The molecule has 4 nitrogen and oxygen atoms in total. The van der Waals surface area contributed by atoms with E-state index in [1.807, 2.05) is 12.2 Å². The Morgan fingerprint density at radius 1 is 0.571 bits per heavy atom. The van der Waals surface area contributed by atoms with Crippen molar-refractivity contribution in [3.63, 3.8) is 0 Å². The van der Waals surface area contributed by atoms with Gasteiger partial charge in [0.15, 0.2) is 0 Å². The molecule has 0 saturated heterocycles. The zero-order chi connectivity index (χ0) is 20.7. The molecule has 4 heteroatoms. The molecule has 0 aromatic carbocycles. The summed E-state index contributed by atoms with van der Waals surface area (Å²) in [6.07, 6.45) is 23.6. The van der Waals surface area contributed by atoms with Gasteiger partial charge in [-0.3, -0.25) is 9.59 Å². The Labute approximate surface area is 172 Å². The Kier molecular flexibility index (Phi) is 20.5. The lowest BCUT2D eigenvalue weighted by atomic mass is 10.1. The number of unbranched alkanes of at least 4 members (excludes halogenated alkanes) is 12. The van der Waals surface area contributed by atoms with Crippen molar-refractivity contribution in [2.24, 2.45) is 0 Å². The highest BCUT2D eigenvalue weighted by Gasteiger charge is 2.07. The SMILES string of the molecule is CCCCCCCCC=COC(=O)CCC(=O)OC=CCCCCCCCC. The molecule has 0 aliphatic carbocycles. The van der Waals surface area contributed by atoms with Crippen LogP contribution in [0.15, 0.2) is 24.7 Å². The van der Waals surface area contributed by atoms with Gasteiger partial charge in [0.1, 0.15) is 0 Å². The van der Waals surface area contributed by atoms with Crippen molar-refractivity contribution in [3.05, 3.63) is 24.7 Å². The largest absolute Gasteiger partial charge is 0.435 e. The number of hydrogen-bond donors (Lipinski definition) is 0. The lowest BCUT2D eigenvalue weighted by Crippen LogP contribution is -2.06. The van der Waals surface area contributed by atoms with Gasteiger partial charge in [0.05, 0.1) is 25.4 Å². The van der Waals surface area contributed by atoms with Gasteiger partial charge in [-0.2, -0.15) is 0 Å². The third-order valence-electron chi connectivity index (χ3n) is 4.57. The van der Waals surface area contributed by atoms with Crippen LogP contribution >= 0.6 is 0 Å². The molecule has 162 valence electrons. The molecule has 28 heavy (non-hydrogen) atoms. The molecule has 0 spiro atoms. The van der Waals surface area contributed by atoms with E-state index in [1.54, 1.807) is 0 Å². The molecular weight excluding hydrogens is 352 g/mol. The third kappa shape index (κ3) is 20.7. The number of allylic oxidation sites excluding steroid dienone is 2. The number of rotatable bonds is 19. The van der Waals surface area contributed by atoms with Crippen LogP contribution in [0.3, 0.4) is 0 Å². The Bertz CT molecular complexity index is 386. The summed E-state index contributed by atoms with van der Waals surface area (Å²) in [5, 5.41) is 0. The van der Waals surface area contributed by atoms with Crippen LogP contribution in [0.1, 0.15) is 117 Å². The second-order valence-electron chi connectivity index (χ2n) is 7.34. The molecule has 0 saturated carbocycles. The van der Waals surface area contributed by atoms with Gasteiger partial charge < -0.3 is 9.47 Å². The van der Waals surface area contributed by atoms with Crippen molar-refractivity contribution >= 4 is 11.9 Å². The number of ether oxygens (including phenoxy) is 2. The number of carbonyl (C=O) groups is 2. The van der Waals surface area contributed by atoms with Crippen LogP contribution in [0.5, 0.6) is 0 Å². The zero-order valence-electron chi connectivity index (χ0n) is 18.3. The van der Waals surface area contributed by atoms with E-state index in [2.05, 4.69) is 13.8 Å². The zero-order valence-corrected chi connectivity index (χ0v) is 18.3. The fraction of sp³-hybridized carbons (Fsp3) is 0.750. The van der Waals surface area contributed by atoms with Gasteiger partial charge in [-0.25, -0.2) is 0 Å². The van der Waals surface area contributed by atoms with E-state index in [-0.39, 0.29) is 12.8 Å². The van der Waals surface area contributed by atoms with Gasteiger partial charge in [0.2, 0.25) is 0 Å². The number of hydrogen-bond acceptors (Lipinski definition) is 4. The Balaban J connectivity index is 3.51. The monoisotopic (exact) mass is 394 g/mol. The van der Waals surface area contributed by atoms with Crippen molar-refractivity contribution in [2.45, 2.75) is 117 Å². The average Bonchev–Trinajstić information content (AvgIpc) is 2.69. The molecule has 0 rings (SSSR count). The van der Waals surface area contributed by atoms with E-state index in [0.717, 1.165) is 25.7 Å². The summed E-state index contributed by atoms with van der Waals surface area (Å²) >= 11 is 0. The predicted octanol–water partition coefficient (Wildman–Crippen LogP) is 7.38. The second-order valence-corrected chi connectivity index (χ2v) is 7.34. The van der Waals surface area contributed by atoms with Gasteiger partial charge in [0.25, 0.3) is 0 Å². The van der Waals surface area contributed by atoms with Gasteiger partial charge in [0, 0.05) is 0 Å². The van der Waals surface area contributed by atoms with Gasteiger partial charge >= 0.3 is 11.9 Å². The highest BCUT2D eigenvalue weighted by Crippen LogP contribution is 2.08. The van der Waals surface area contributed by atoms with Crippen LogP contribution in [-0.2, 0) is 19.1 Å². The van der Waals surface area contributed by atoms with E-state index in [0.29, 0.717) is 0 Å². The van der Waals surface area contributed by atoms with E-state index in [4.69, 9.17) is 9.47 Å². The number of esters is 2. The second kappa shape index (κ2) is 21.7. The smallest absolute Gasteiger partial charge is 0.311 e. The van der Waals surface area contributed by atoms with Crippen molar-refractivity contribution in [3.8, 4) is 0 Å². The standard InChI is InChI=1S/C24H42O4/c1-3-5-7-9-11-13-15-17-21-27-23(25)19-20-24(26)28-22-18-16-14-12-10-8-6-4-2/h17-18,21-22H,3-16,19-20H2,1-2H3. The molecular formula is C24H42O4. The maximum atomic E-state index is 11.6. The minimum absolute atomic E-state index is 0.0471. The molecule has 0 atom stereocenters. The summed E-state index contributed by atoms with van der Waals surface area (Å²) < 4.78 is 9.98. The topological polar surface area (TPSA) is 52.6 Å². The Morgan fingerprint density at radius 3 is 1.32 bits per heavy atom. The summed E-state index contributed by atoms with van der Waals surface area (Å²) in [6.45, 7) is 4.43. The number of carbonyl (C=O) groups excluding carboxylic acids is 2. The van der Waals surface area contributed by atoms with Crippen LogP contribution in [0.2, 0.25) is 0 Å². The maximum absolute atomic E-state index is 11.6. The molecule has 0 bridgehead atoms. The van der Waals surface area contributed by atoms with Crippen LogP contribution in [0, 0.1) is 0 Å². The van der Waals surface area contributed by atoms with Crippen LogP contribution in [-0.4, -0.2) is 11.9 Å².